The molecule has 8 heteroatoms. The molecule has 1 amide bonds. The molecule has 0 bridgehead atoms. The SMILES string of the molecule is CN(C)C1CCN(C(=O)c2cn(Cc3ccc(F)cc3Cl)nn2)C1. The minimum absolute atomic E-state index is 0.115. The fourth-order valence-corrected chi connectivity index (χ4v) is 3.03. The van der Waals surface area contributed by atoms with E-state index in [2.05, 4.69) is 15.2 Å². The van der Waals surface area contributed by atoms with Gasteiger partial charge in [-0.15, -0.1) is 5.10 Å². The maximum absolute atomic E-state index is 13.1. The van der Waals surface area contributed by atoms with Gasteiger partial charge in [0.05, 0.1) is 12.7 Å². The topological polar surface area (TPSA) is 54.3 Å². The molecule has 1 aliphatic heterocycles. The zero-order valence-corrected chi connectivity index (χ0v) is 14.4. The van der Waals surface area contributed by atoms with Gasteiger partial charge >= 0.3 is 0 Å². The molecule has 128 valence electrons. The lowest BCUT2D eigenvalue weighted by Crippen LogP contribution is -2.34. The van der Waals surface area contributed by atoms with Gasteiger partial charge in [0.1, 0.15) is 5.82 Å². The molecule has 1 aliphatic rings. The summed E-state index contributed by atoms with van der Waals surface area (Å²) in [5.74, 6) is -0.501. The van der Waals surface area contributed by atoms with Gasteiger partial charge in [0, 0.05) is 24.2 Å². The second kappa shape index (κ2) is 6.86. The Hall–Kier alpha value is -1.99. The second-order valence-corrected chi connectivity index (χ2v) is 6.60. The van der Waals surface area contributed by atoms with Crippen molar-refractivity contribution in [2.45, 2.75) is 19.0 Å². The van der Waals surface area contributed by atoms with Crippen LogP contribution in [0.5, 0.6) is 0 Å². The zero-order chi connectivity index (χ0) is 17.3. The molecule has 2 aromatic rings. The van der Waals surface area contributed by atoms with Crippen molar-refractivity contribution in [3.05, 3.63) is 46.5 Å². The van der Waals surface area contributed by atoms with E-state index in [0.29, 0.717) is 29.8 Å². The average molecular weight is 352 g/mol. The van der Waals surface area contributed by atoms with Crippen molar-refractivity contribution in [1.29, 1.82) is 0 Å². The van der Waals surface area contributed by atoms with Crippen LogP contribution < -0.4 is 0 Å². The predicted octanol–water partition coefficient (Wildman–Crippen LogP) is 1.89. The Kier molecular flexibility index (Phi) is 4.82. The Balaban J connectivity index is 1.68. The molecule has 0 radical (unpaired) electrons. The third-order valence-electron chi connectivity index (χ3n) is 4.29. The normalized spacial score (nSPS) is 17.7. The van der Waals surface area contributed by atoms with Crippen LogP contribution in [-0.2, 0) is 6.54 Å². The van der Waals surface area contributed by atoms with Gasteiger partial charge in [0.25, 0.3) is 5.91 Å². The summed E-state index contributed by atoms with van der Waals surface area (Å²) in [5.41, 5.74) is 1.03. The summed E-state index contributed by atoms with van der Waals surface area (Å²) >= 11 is 6.02. The highest BCUT2D eigenvalue weighted by Crippen LogP contribution is 2.19. The average Bonchev–Trinajstić information content (AvgIpc) is 3.19. The van der Waals surface area contributed by atoms with E-state index in [-0.39, 0.29) is 11.7 Å². The van der Waals surface area contributed by atoms with Crippen LogP contribution in [0.25, 0.3) is 0 Å². The van der Waals surface area contributed by atoms with E-state index in [9.17, 15) is 9.18 Å². The number of rotatable bonds is 4. The van der Waals surface area contributed by atoms with Gasteiger partial charge in [-0.3, -0.25) is 4.79 Å². The van der Waals surface area contributed by atoms with Crippen LogP contribution in [0.15, 0.2) is 24.4 Å². The van der Waals surface area contributed by atoms with Crippen molar-refractivity contribution < 1.29 is 9.18 Å². The fraction of sp³-hybridized carbons (Fsp3) is 0.438. The number of amides is 1. The summed E-state index contributed by atoms with van der Waals surface area (Å²) in [5, 5.41) is 8.27. The molecule has 0 spiro atoms. The molecule has 1 fully saturated rings. The first-order valence-electron chi connectivity index (χ1n) is 7.74. The number of hydrogen-bond acceptors (Lipinski definition) is 4. The Morgan fingerprint density at radius 3 is 2.92 bits per heavy atom. The highest BCUT2D eigenvalue weighted by Gasteiger charge is 2.29. The Bertz CT molecular complexity index is 748. The smallest absolute Gasteiger partial charge is 0.276 e. The Morgan fingerprint density at radius 2 is 2.25 bits per heavy atom. The number of aromatic nitrogens is 3. The largest absolute Gasteiger partial charge is 0.336 e. The third-order valence-corrected chi connectivity index (χ3v) is 4.64. The van der Waals surface area contributed by atoms with E-state index < -0.39 is 0 Å². The van der Waals surface area contributed by atoms with Gasteiger partial charge in [-0.05, 0) is 38.2 Å². The molecule has 24 heavy (non-hydrogen) atoms. The van der Waals surface area contributed by atoms with E-state index in [4.69, 9.17) is 11.6 Å². The molecule has 3 rings (SSSR count). The first-order valence-corrected chi connectivity index (χ1v) is 8.11. The lowest BCUT2D eigenvalue weighted by molar-refractivity contribution is 0.0777. The molecular weight excluding hydrogens is 333 g/mol. The standard InChI is InChI=1S/C16H19ClFN5O/c1-21(2)13-5-6-22(9-13)16(24)15-10-23(20-19-15)8-11-3-4-12(18)7-14(11)17/h3-4,7,10,13H,5-6,8-9H2,1-2H3. The molecule has 1 atom stereocenters. The van der Waals surface area contributed by atoms with E-state index >= 15 is 0 Å². The van der Waals surface area contributed by atoms with Gasteiger partial charge in [0.15, 0.2) is 5.69 Å². The monoisotopic (exact) mass is 351 g/mol. The second-order valence-electron chi connectivity index (χ2n) is 6.19. The summed E-state index contributed by atoms with van der Waals surface area (Å²) < 4.78 is 14.6. The van der Waals surface area contributed by atoms with Gasteiger partial charge < -0.3 is 9.80 Å². The van der Waals surface area contributed by atoms with Crippen LogP contribution in [-0.4, -0.2) is 63.9 Å². The number of carbonyl (C=O) groups is 1. The number of likely N-dealkylation sites (N-methyl/N-ethyl adjacent to an activating group) is 1. The zero-order valence-electron chi connectivity index (χ0n) is 13.6. The summed E-state index contributed by atoms with van der Waals surface area (Å²) in [6.07, 6.45) is 2.56. The van der Waals surface area contributed by atoms with Crippen molar-refractivity contribution in [2.24, 2.45) is 0 Å². The molecular formula is C16H19ClFN5O. The lowest BCUT2D eigenvalue weighted by atomic mass is 10.2. The Morgan fingerprint density at radius 1 is 1.46 bits per heavy atom. The van der Waals surface area contributed by atoms with Gasteiger partial charge in [0.2, 0.25) is 0 Å². The number of likely N-dealkylation sites (tertiary alicyclic amines) is 1. The maximum Gasteiger partial charge on any atom is 0.276 e. The minimum atomic E-state index is -0.386. The molecule has 2 heterocycles. The van der Waals surface area contributed by atoms with Crippen molar-refractivity contribution >= 4 is 17.5 Å². The van der Waals surface area contributed by atoms with Crippen LogP contribution in [0, 0.1) is 5.82 Å². The molecule has 1 saturated heterocycles. The predicted molar refractivity (Wildman–Crippen MR) is 88.5 cm³/mol. The first kappa shape index (κ1) is 16.9. The lowest BCUT2D eigenvalue weighted by Gasteiger charge is -2.19. The molecule has 0 aliphatic carbocycles. The van der Waals surface area contributed by atoms with E-state index in [1.54, 1.807) is 17.2 Å². The number of hydrogen-bond donors (Lipinski definition) is 0. The highest BCUT2D eigenvalue weighted by atomic mass is 35.5. The van der Waals surface area contributed by atoms with Gasteiger partial charge in [-0.1, -0.05) is 22.9 Å². The molecule has 0 N–H and O–H groups in total. The van der Waals surface area contributed by atoms with Gasteiger partial charge in [-0.25, -0.2) is 9.07 Å². The molecule has 0 saturated carbocycles. The van der Waals surface area contributed by atoms with Gasteiger partial charge in [-0.2, -0.15) is 0 Å². The number of halogens is 2. The summed E-state index contributed by atoms with van der Waals surface area (Å²) in [7, 11) is 4.03. The van der Waals surface area contributed by atoms with Crippen LogP contribution in [0.3, 0.4) is 0 Å². The van der Waals surface area contributed by atoms with E-state index in [1.807, 2.05) is 14.1 Å². The Labute approximate surface area is 144 Å². The van der Waals surface area contributed by atoms with Crippen LogP contribution in [0.4, 0.5) is 4.39 Å². The summed E-state index contributed by atoms with van der Waals surface area (Å²) in [4.78, 5) is 16.4. The quantitative estimate of drug-likeness (QED) is 0.844. The highest BCUT2D eigenvalue weighted by molar-refractivity contribution is 6.31. The molecule has 6 nitrogen and oxygen atoms in total. The molecule has 1 unspecified atom stereocenters. The van der Waals surface area contributed by atoms with Crippen LogP contribution >= 0.6 is 11.6 Å². The third kappa shape index (κ3) is 3.57. The fourth-order valence-electron chi connectivity index (χ4n) is 2.81. The summed E-state index contributed by atoms with van der Waals surface area (Å²) in [6, 6.07) is 4.58. The maximum atomic E-state index is 13.1. The van der Waals surface area contributed by atoms with Crippen LogP contribution in [0.1, 0.15) is 22.5 Å². The first-order chi connectivity index (χ1) is 11.4. The molecule has 1 aromatic carbocycles. The van der Waals surface area contributed by atoms with E-state index in [0.717, 1.165) is 18.5 Å². The minimum Gasteiger partial charge on any atom is -0.336 e. The number of nitrogens with zero attached hydrogens (tertiary/aromatic N) is 5. The number of benzene rings is 1. The van der Waals surface area contributed by atoms with Crippen LogP contribution in [0.2, 0.25) is 5.02 Å². The number of carbonyl (C=O) groups excluding carboxylic acids is 1. The van der Waals surface area contributed by atoms with E-state index in [1.165, 1.54) is 16.8 Å². The van der Waals surface area contributed by atoms with Crippen molar-refractivity contribution in [1.82, 2.24) is 24.8 Å². The summed E-state index contributed by atoms with van der Waals surface area (Å²) in [6.45, 7) is 1.75. The van der Waals surface area contributed by atoms with Crippen molar-refractivity contribution in [2.75, 3.05) is 27.2 Å². The molecule has 1 aromatic heterocycles. The van der Waals surface area contributed by atoms with Crippen molar-refractivity contribution in [3.63, 3.8) is 0 Å². The van der Waals surface area contributed by atoms with Crippen molar-refractivity contribution in [3.8, 4) is 0 Å².